The lowest BCUT2D eigenvalue weighted by Gasteiger charge is -2.56. The molecule has 5 rings (SSSR count). The van der Waals surface area contributed by atoms with Crippen LogP contribution in [0.15, 0.2) is 72.1 Å². The summed E-state index contributed by atoms with van der Waals surface area (Å²) >= 11 is 0. The lowest BCUT2D eigenvalue weighted by atomic mass is 9.55. The SMILES string of the molecule is CCCN1/C(=C/C2C(O)C(/C=C3/N(CCC)c4ccccc4C3(C)C)C2(O)CC(C)C)C(C)(C)c2ccccc21. The highest BCUT2D eigenvalue weighted by molar-refractivity contribution is 5.71. The van der Waals surface area contributed by atoms with E-state index in [0.29, 0.717) is 12.3 Å². The number of fused-ring (bicyclic) bond motifs is 2. The van der Waals surface area contributed by atoms with Gasteiger partial charge < -0.3 is 20.0 Å². The van der Waals surface area contributed by atoms with E-state index in [1.54, 1.807) is 0 Å². The van der Waals surface area contributed by atoms with Crippen molar-refractivity contribution in [3.05, 3.63) is 83.2 Å². The van der Waals surface area contributed by atoms with Crippen molar-refractivity contribution < 1.29 is 10.2 Å². The number of nitrogens with zero attached hydrogens (tertiary/aromatic N) is 2. The molecule has 2 aromatic carbocycles. The molecule has 40 heavy (non-hydrogen) atoms. The average molecular weight is 543 g/mol. The van der Waals surface area contributed by atoms with Gasteiger partial charge in [0.05, 0.1) is 11.7 Å². The van der Waals surface area contributed by atoms with E-state index in [1.807, 2.05) is 0 Å². The summed E-state index contributed by atoms with van der Waals surface area (Å²) < 4.78 is 0. The summed E-state index contributed by atoms with van der Waals surface area (Å²) in [5.74, 6) is -0.349. The van der Waals surface area contributed by atoms with Gasteiger partial charge in [0, 0.05) is 58.5 Å². The number of hydrogen-bond donors (Lipinski definition) is 2. The molecule has 2 atom stereocenters. The highest BCUT2D eigenvalue weighted by Crippen LogP contribution is 2.56. The van der Waals surface area contributed by atoms with Crippen molar-refractivity contribution in [2.75, 3.05) is 22.9 Å². The van der Waals surface area contributed by atoms with Crippen LogP contribution >= 0.6 is 0 Å². The average Bonchev–Trinajstić information content (AvgIpc) is 3.25. The third-order valence-electron chi connectivity index (χ3n) is 9.79. The number of para-hydroxylation sites is 2. The number of allylic oxidation sites excluding steroid dienone is 2. The molecule has 2 N–H and O–H groups in total. The van der Waals surface area contributed by atoms with Crippen molar-refractivity contribution in [2.45, 2.75) is 97.2 Å². The standard InChI is InChI=1S/C36H50N2O2/c1-9-19-37-29-17-13-11-15-25(29)34(5,6)31(37)21-27-33(39)28(36(27,40)23-24(3)4)22-32-35(7,8)26-16-12-14-18-30(26)38(32)20-10-2/h11-18,21-22,24,27-28,33,39-40H,9-10,19-20,23H2,1-8H3/b31-21+,32-22+. The Balaban J connectivity index is 1.57. The second-order valence-electron chi connectivity index (χ2n) is 13.8. The largest absolute Gasteiger partial charge is 0.392 e. The van der Waals surface area contributed by atoms with Crippen molar-refractivity contribution in [1.29, 1.82) is 0 Å². The van der Waals surface area contributed by atoms with Crippen LogP contribution in [0.2, 0.25) is 0 Å². The number of anilines is 2. The highest BCUT2D eigenvalue weighted by atomic mass is 16.3. The second kappa shape index (κ2) is 10.4. The van der Waals surface area contributed by atoms with E-state index < -0.39 is 11.7 Å². The van der Waals surface area contributed by atoms with Crippen LogP contribution in [0.3, 0.4) is 0 Å². The lowest BCUT2D eigenvalue weighted by Crippen LogP contribution is -2.65. The summed E-state index contributed by atoms with van der Waals surface area (Å²) in [7, 11) is 0. The van der Waals surface area contributed by atoms with E-state index >= 15 is 0 Å². The van der Waals surface area contributed by atoms with Gasteiger partial charge in [-0.25, -0.2) is 0 Å². The van der Waals surface area contributed by atoms with Gasteiger partial charge >= 0.3 is 0 Å². The molecule has 4 nitrogen and oxygen atoms in total. The zero-order chi connectivity index (χ0) is 29.0. The van der Waals surface area contributed by atoms with Gasteiger partial charge in [0.1, 0.15) is 0 Å². The Morgan fingerprint density at radius 3 is 1.52 bits per heavy atom. The van der Waals surface area contributed by atoms with Crippen LogP contribution in [0.1, 0.15) is 85.8 Å². The Hall–Kier alpha value is -2.56. The molecule has 2 heterocycles. The molecule has 1 saturated carbocycles. The normalized spacial score (nSPS) is 30.2. The molecule has 0 radical (unpaired) electrons. The first-order chi connectivity index (χ1) is 18.9. The van der Waals surface area contributed by atoms with E-state index in [-0.39, 0.29) is 22.7 Å². The topological polar surface area (TPSA) is 46.9 Å². The molecule has 4 heteroatoms. The van der Waals surface area contributed by atoms with Gasteiger partial charge in [-0.3, -0.25) is 0 Å². The number of aliphatic hydroxyl groups is 2. The predicted octanol–water partition coefficient (Wildman–Crippen LogP) is 7.55. The number of rotatable bonds is 8. The molecular weight excluding hydrogens is 492 g/mol. The Labute approximate surface area is 242 Å². The van der Waals surface area contributed by atoms with Gasteiger partial charge in [0.15, 0.2) is 0 Å². The first-order valence-corrected chi connectivity index (χ1v) is 15.5. The van der Waals surface area contributed by atoms with Crippen molar-refractivity contribution in [2.24, 2.45) is 17.8 Å². The quantitative estimate of drug-likeness (QED) is 0.361. The monoisotopic (exact) mass is 542 g/mol. The van der Waals surface area contributed by atoms with Crippen molar-refractivity contribution in [1.82, 2.24) is 0 Å². The molecule has 0 aromatic heterocycles. The Kier molecular flexibility index (Phi) is 7.50. The third-order valence-corrected chi connectivity index (χ3v) is 9.79. The first kappa shape index (κ1) is 29.0. The summed E-state index contributed by atoms with van der Waals surface area (Å²) in [4.78, 5) is 4.84. The summed E-state index contributed by atoms with van der Waals surface area (Å²) in [5.41, 5.74) is 6.14. The Morgan fingerprint density at radius 1 is 0.750 bits per heavy atom. The molecule has 216 valence electrons. The maximum Gasteiger partial charge on any atom is 0.0826 e. The molecule has 1 fully saturated rings. The number of aliphatic hydroxyl groups excluding tert-OH is 1. The maximum atomic E-state index is 12.5. The first-order valence-electron chi connectivity index (χ1n) is 15.5. The molecule has 2 unspecified atom stereocenters. The minimum absolute atomic E-state index is 0.194. The van der Waals surface area contributed by atoms with Gasteiger partial charge in [0.2, 0.25) is 0 Å². The van der Waals surface area contributed by atoms with Crippen LogP contribution in [0.4, 0.5) is 11.4 Å². The molecule has 1 aliphatic carbocycles. The van der Waals surface area contributed by atoms with Gasteiger partial charge in [-0.15, -0.1) is 0 Å². The van der Waals surface area contributed by atoms with E-state index in [0.717, 1.165) is 25.9 Å². The van der Waals surface area contributed by atoms with Gasteiger partial charge in [0.25, 0.3) is 0 Å². The zero-order valence-electron chi connectivity index (χ0n) is 25.9. The molecule has 0 saturated heterocycles. The summed E-state index contributed by atoms with van der Waals surface area (Å²) in [5, 5.41) is 24.4. The summed E-state index contributed by atoms with van der Waals surface area (Å²) in [6.07, 6.45) is 6.53. The van der Waals surface area contributed by atoms with Gasteiger partial charge in [-0.1, -0.05) is 104 Å². The van der Waals surface area contributed by atoms with Crippen LogP contribution in [0.5, 0.6) is 0 Å². The number of hydrogen-bond acceptors (Lipinski definition) is 4. The van der Waals surface area contributed by atoms with Crippen LogP contribution in [-0.2, 0) is 10.8 Å². The van der Waals surface area contributed by atoms with E-state index in [4.69, 9.17) is 0 Å². The van der Waals surface area contributed by atoms with E-state index in [1.165, 1.54) is 33.9 Å². The molecule has 2 aromatic rings. The van der Waals surface area contributed by atoms with Crippen LogP contribution in [-0.4, -0.2) is 35.0 Å². The molecule has 2 aliphatic heterocycles. The van der Waals surface area contributed by atoms with Gasteiger partial charge in [-0.2, -0.15) is 0 Å². The zero-order valence-corrected chi connectivity index (χ0v) is 25.9. The van der Waals surface area contributed by atoms with E-state index in [9.17, 15) is 10.2 Å². The molecule has 3 aliphatic rings. The molecule has 0 bridgehead atoms. The minimum Gasteiger partial charge on any atom is -0.392 e. The third kappa shape index (κ3) is 4.34. The fourth-order valence-corrected chi connectivity index (χ4v) is 7.88. The van der Waals surface area contributed by atoms with Crippen molar-refractivity contribution >= 4 is 11.4 Å². The van der Waals surface area contributed by atoms with Crippen LogP contribution in [0, 0.1) is 17.8 Å². The maximum absolute atomic E-state index is 12.5. The molecule has 0 spiro atoms. The highest BCUT2D eigenvalue weighted by Gasteiger charge is 2.60. The molecular formula is C36H50N2O2. The predicted molar refractivity (Wildman–Crippen MR) is 168 cm³/mol. The van der Waals surface area contributed by atoms with Gasteiger partial charge in [-0.05, 0) is 48.4 Å². The lowest BCUT2D eigenvalue weighted by molar-refractivity contribution is -0.201. The summed E-state index contributed by atoms with van der Waals surface area (Å²) in [6, 6.07) is 17.3. The fraction of sp³-hybridized carbons (Fsp3) is 0.556. The Morgan fingerprint density at radius 2 is 1.15 bits per heavy atom. The molecule has 0 amide bonds. The smallest absolute Gasteiger partial charge is 0.0826 e. The Bertz CT molecular complexity index is 1210. The minimum atomic E-state index is -1.01. The van der Waals surface area contributed by atoms with Crippen molar-refractivity contribution in [3.8, 4) is 0 Å². The van der Waals surface area contributed by atoms with Crippen LogP contribution in [0.25, 0.3) is 0 Å². The fourth-order valence-electron chi connectivity index (χ4n) is 7.88. The van der Waals surface area contributed by atoms with Crippen LogP contribution < -0.4 is 9.80 Å². The summed E-state index contributed by atoms with van der Waals surface area (Å²) in [6.45, 7) is 19.7. The number of benzene rings is 2. The second-order valence-corrected chi connectivity index (χ2v) is 13.8. The van der Waals surface area contributed by atoms with E-state index in [2.05, 4.69) is 126 Å². The van der Waals surface area contributed by atoms with Crippen molar-refractivity contribution in [3.63, 3.8) is 0 Å².